The van der Waals surface area contributed by atoms with E-state index in [1.165, 1.54) is 12.1 Å². The van der Waals surface area contributed by atoms with Gasteiger partial charge in [-0.3, -0.25) is 5.32 Å². The molecule has 0 radical (unpaired) electrons. The quantitative estimate of drug-likeness (QED) is 0.612. The zero-order valence-electron chi connectivity index (χ0n) is 16.4. The number of carbonyl (C=O) groups excluding carboxylic acids is 1. The summed E-state index contributed by atoms with van der Waals surface area (Å²) in [4.78, 5) is 23.1. The third kappa shape index (κ3) is 4.58. The van der Waals surface area contributed by atoms with Crippen molar-refractivity contribution < 1.29 is 13.9 Å². The molecule has 154 valence electrons. The Labute approximate surface area is 178 Å². The number of amides is 2. The van der Waals surface area contributed by atoms with E-state index in [-0.39, 0.29) is 11.8 Å². The van der Waals surface area contributed by atoms with Crippen LogP contribution >= 0.6 is 11.6 Å². The van der Waals surface area contributed by atoms with E-state index in [0.29, 0.717) is 43.0 Å². The minimum absolute atomic E-state index is 0.230. The zero-order chi connectivity index (χ0) is 21.1. The van der Waals surface area contributed by atoms with Gasteiger partial charge in [0, 0.05) is 29.9 Å². The van der Waals surface area contributed by atoms with Crippen LogP contribution in [0, 0.1) is 12.7 Å². The molecule has 1 saturated heterocycles. The fraction of sp³-hybridized carbons (Fsp3) is 0.227. The molecule has 4 rings (SSSR count). The first kappa shape index (κ1) is 20.3. The van der Waals surface area contributed by atoms with Crippen LogP contribution in [0.3, 0.4) is 0 Å². The standard InChI is InChI=1S/C22H20ClFN4O2/c1-14-12-16(13-19(23)25-14)18-6-7-20(27-22(29)28-8-10-30-11-9-28)26-21(18)15-2-4-17(24)5-3-15/h2-7,12-13H,8-11H2,1H3,(H,26,27,29). The summed E-state index contributed by atoms with van der Waals surface area (Å²) in [6.07, 6.45) is 0. The molecule has 3 heterocycles. The predicted octanol–water partition coefficient (Wildman–Crippen LogP) is 4.78. The van der Waals surface area contributed by atoms with Crippen molar-refractivity contribution in [3.8, 4) is 22.4 Å². The van der Waals surface area contributed by atoms with Crippen LogP contribution in [-0.4, -0.2) is 47.2 Å². The number of nitrogens with one attached hydrogen (secondary N) is 1. The van der Waals surface area contributed by atoms with Crippen LogP contribution in [0.4, 0.5) is 15.0 Å². The molecule has 0 saturated carbocycles. The van der Waals surface area contributed by atoms with Gasteiger partial charge in [0.15, 0.2) is 0 Å². The maximum Gasteiger partial charge on any atom is 0.323 e. The number of hydrogen-bond acceptors (Lipinski definition) is 4. The van der Waals surface area contributed by atoms with E-state index in [1.807, 2.05) is 19.1 Å². The number of benzene rings is 1. The molecule has 1 fully saturated rings. The van der Waals surface area contributed by atoms with Gasteiger partial charge in [-0.25, -0.2) is 19.2 Å². The summed E-state index contributed by atoms with van der Waals surface area (Å²) in [6.45, 7) is 3.95. The number of ether oxygens (including phenoxy) is 1. The van der Waals surface area contributed by atoms with Gasteiger partial charge in [-0.15, -0.1) is 0 Å². The second-order valence-electron chi connectivity index (χ2n) is 6.95. The van der Waals surface area contributed by atoms with Crippen LogP contribution < -0.4 is 5.32 Å². The molecule has 0 bridgehead atoms. The SMILES string of the molecule is Cc1cc(-c2ccc(NC(=O)N3CCOCC3)nc2-c2ccc(F)cc2)cc(Cl)n1. The topological polar surface area (TPSA) is 67.4 Å². The number of hydrogen-bond donors (Lipinski definition) is 1. The van der Waals surface area contributed by atoms with Gasteiger partial charge in [0.05, 0.1) is 18.9 Å². The Morgan fingerprint density at radius 2 is 1.80 bits per heavy atom. The summed E-state index contributed by atoms with van der Waals surface area (Å²) >= 11 is 6.15. The van der Waals surface area contributed by atoms with Gasteiger partial charge in [0.1, 0.15) is 16.8 Å². The molecule has 30 heavy (non-hydrogen) atoms. The second-order valence-corrected chi connectivity index (χ2v) is 7.34. The Bertz CT molecular complexity index is 1050. The molecule has 6 nitrogen and oxygen atoms in total. The normalized spacial score (nSPS) is 13.9. The number of pyridine rings is 2. The molecule has 1 aliphatic rings. The third-order valence-corrected chi connectivity index (χ3v) is 4.97. The van der Waals surface area contributed by atoms with E-state index < -0.39 is 0 Å². The summed E-state index contributed by atoms with van der Waals surface area (Å²) in [5.74, 6) is 0.0753. The highest BCUT2D eigenvalue weighted by molar-refractivity contribution is 6.29. The Balaban J connectivity index is 1.73. The van der Waals surface area contributed by atoms with E-state index in [4.69, 9.17) is 16.3 Å². The van der Waals surface area contributed by atoms with Gasteiger partial charge >= 0.3 is 6.03 Å². The summed E-state index contributed by atoms with van der Waals surface area (Å²) in [5, 5.41) is 3.22. The molecule has 3 aromatic rings. The number of rotatable bonds is 3. The van der Waals surface area contributed by atoms with E-state index in [2.05, 4.69) is 15.3 Å². The summed E-state index contributed by atoms with van der Waals surface area (Å²) in [5.41, 5.74) is 3.74. The minimum atomic E-state index is -0.333. The summed E-state index contributed by atoms with van der Waals surface area (Å²) in [7, 11) is 0. The minimum Gasteiger partial charge on any atom is -0.378 e. The second kappa shape index (κ2) is 8.77. The van der Waals surface area contributed by atoms with Gasteiger partial charge in [-0.1, -0.05) is 11.6 Å². The lowest BCUT2D eigenvalue weighted by atomic mass is 9.99. The van der Waals surface area contributed by atoms with E-state index in [0.717, 1.165) is 22.4 Å². The van der Waals surface area contributed by atoms with Gasteiger partial charge in [0.2, 0.25) is 0 Å². The van der Waals surface area contributed by atoms with E-state index in [1.54, 1.807) is 29.2 Å². The smallest absolute Gasteiger partial charge is 0.323 e. The van der Waals surface area contributed by atoms with Crippen LogP contribution in [0.2, 0.25) is 5.15 Å². The average Bonchev–Trinajstić information content (AvgIpc) is 2.74. The van der Waals surface area contributed by atoms with Crippen molar-refractivity contribution in [2.24, 2.45) is 0 Å². The first-order chi connectivity index (χ1) is 14.5. The van der Waals surface area contributed by atoms with Crippen molar-refractivity contribution in [1.29, 1.82) is 0 Å². The number of aromatic nitrogens is 2. The molecule has 0 unspecified atom stereocenters. The molecular weight excluding hydrogens is 407 g/mol. The molecule has 0 aliphatic carbocycles. The lowest BCUT2D eigenvalue weighted by molar-refractivity contribution is 0.0564. The lowest BCUT2D eigenvalue weighted by Crippen LogP contribution is -2.43. The predicted molar refractivity (Wildman–Crippen MR) is 114 cm³/mol. The number of carbonyl (C=O) groups is 1. The Morgan fingerprint density at radius 1 is 1.07 bits per heavy atom. The van der Waals surface area contributed by atoms with Crippen molar-refractivity contribution in [3.05, 3.63) is 65.2 Å². The highest BCUT2D eigenvalue weighted by Gasteiger charge is 2.18. The molecule has 1 aromatic carbocycles. The number of aryl methyl sites for hydroxylation is 1. The van der Waals surface area contributed by atoms with Crippen LogP contribution in [0.15, 0.2) is 48.5 Å². The van der Waals surface area contributed by atoms with Crippen molar-refractivity contribution in [3.63, 3.8) is 0 Å². The fourth-order valence-corrected chi connectivity index (χ4v) is 3.58. The Morgan fingerprint density at radius 3 is 2.50 bits per heavy atom. The first-order valence-corrected chi connectivity index (χ1v) is 9.92. The Hall–Kier alpha value is -3.03. The van der Waals surface area contributed by atoms with Crippen LogP contribution in [-0.2, 0) is 4.74 Å². The highest BCUT2D eigenvalue weighted by Crippen LogP contribution is 2.33. The molecule has 0 atom stereocenters. The average molecular weight is 427 g/mol. The van der Waals surface area contributed by atoms with Crippen molar-refractivity contribution in [2.45, 2.75) is 6.92 Å². The van der Waals surface area contributed by atoms with Gasteiger partial charge in [-0.2, -0.15) is 0 Å². The number of anilines is 1. The first-order valence-electron chi connectivity index (χ1n) is 9.55. The van der Waals surface area contributed by atoms with Gasteiger partial charge in [-0.05, 0) is 61.0 Å². The lowest BCUT2D eigenvalue weighted by Gasteiger charge is -2.26. The fourth-order valence-electron chi connectivity index (χ4n) is 3.33. The third-order valence-electron chi connectivity index (χ3n) is 4.78. The maximum absolute atomic E-state index is 13.5. The number of halogens is 2. The van der Waals surface area contributed by atoms with Crippen LogP contribution in [0.25, 0.3) is 22.4 Å². The molecule has 2 amide bonds. The van der Waals surface area contributed by atoms with Crippen LogP contribution in [0.5, 0.6) is 0 Å². The number of morpholine rings is 1. The van der Waals surface area contributed by atoms with E-state index in [9.17, 15) is 9.18 Å². The molecular formula is C22H20ClFN4O2. The summed E-state index contributed by atoms with van der Waals surface area (Å²) in [6, 6.07) is 13.1. The van der Waals surface area contributed by atoms with Gasteiger partial charge < -0.3 is 9.64 Å². The van der Waals surface area contributed by atoms with Crippen molar-refractivity contribution in [1.82, 2.24) is 14.9 Å². The van der Waals surface area contributed by atoms with Gasteiger partial charge in [0.25, 0.3) is 0 Å². The number of urea groups is 1. The van der Waals surface area contributed by atoms with Crippen LogP contribution in [0.1, 0.15) is 5.69 Å². The maximum atomic E-state index is 13.5. The summed E-state index contributed by atoms with van der Waals surface area (Å²) < 4.78 is 18.8. The molecule has 8 heteroatoms. The number of nitrogens with zero attached hydrogens (tertiary/aromatic N) is 3. The van der Waals surface area contributed by atoms with Crippen molar-refractivity contribution in [2.75, 3.05) is 31.6 Å². The largest absolute Gasteiger partial charge is 0.378 e. The molecule has 0 spiro atoms. The zero-order valence-corrected chi connectivity index (χ0v) is 17.1. The Kier molecular flexibility index (Phi) is 5.92. The van der Waals surface area contributed by atoms with Crippen molar-refractivity contribution >= 4 is 23.4 Å². The molecule has 2 aromatic heterocycles. The molecule has 1 aliphatic heterocycles. The highest BCUT2D eigenvalue weighted by atomic mass is 35.5. The molecule has 1 N–H and O–H groups in total. The monoisotopic (exact) mass is 426 g/mol. The van der Waals surface area contributed by atoms with E-state index >= 15 is 0 Å².